The van der Waals surface area contributed by atoms with E-state index in [0.717, 1.165) is 12.4 Å². The Bertz CT molecular complexity index is 555. The van der Waals surface area contributed by atoms with Crippen molar-refractivity contribution in [3.05, 3.63) is 35.8 Å². The number of aromatic nitrogens is 2. The average Bonchev–Trinajstić information content (AvgIpc) is 2.70. The van der Waals surface area contributed by atoms with E-state index in [1.165, 1.54) is 35.3 Å². The van der Waals surface area contributed by atoms with Gasteiger partial charge < -0.3 is 9.88 Å². The zero-order valence-electron chi connectivity index (χ0n) is 10.3. The fourth-order valence-corrected chi connectivity index (χ4v) is 2.39. The molecule has 0 saturated heterocycles. The lowest BCUT2D eigenvalue weighted by molar-refractivity contribution is 0.829. The number of imidazole rings is 1. The SMILES string of the molecule is Cc1ncc(-c2ccc3c(c2)NCCC3)n1C. The van der Waals surface area contributed by atoms with Crippen LogP contribution in [0.25, 0.3) is 11.3 Å². The number of nitrogens with one attached hydrogen (secondary N) is 1. The number of hydrogen-bond acceptors (Lipinski definition) is 2. The van der Waals surface area contributed by atoms with E-state index < -0.39 is 0 Å². The number of rotatable bonds is 1. The molecule has 3 heteroatoms. The Kier molecular flexibility index (Phi) is 2.39. The monoisotopic (exact) mass is 227 g/mol. The van der Waals surface area contributed by atoms with Gasteiger partial charge in [-0.15, -0.1) is 0 Å². The molecule has 2 heterocycles. The Labute approximate surface area is 101 Å². The summed E-state index contributed by atoms with van der Waals surface area (Å²) >= 11 is 0. The van der Waals surface area contributed by atoms with Crippen LogP contribution in [-0.4, -0.2) is 16.1 Å². The summed E-state index contributed by atoms with van der Waals surface area (Å²) in [7, 11) is 2.06. The minimum absolute atomic E-state index is 1.05. The minimum atomic E-state index is 1.05. The normalized spacial score (nSPS) is 14.2. The van der Waals surface area contributed by atoms with Gasteiger partial charge in [0.2, 0.25) is 0 Å². The molecule has 1 aliphatic rings. The lowest BCUT2D eigenvalue weighted by Gasteiger charge is -2.18. The first-order chi connectivity index (χ1) is 8.25. The van der Waals surface area contributed by atoms with Crippen molar-refractivity contribution < 1.29 is 0 Å². The van der Waals surface area contributed by atoms with Gasteiger partial charge in [-0.3, -0.25) is 0 Å². The molecule has 1 aromatic carbocycles. The van der Waals surface area contributed by atoms with Crippen LogP contribution in [0.5, 0.6) is 0 Å². The zero-order chi connectivity index (χ0) is 11.8. The van der Waals surface area contributed by atoms with Gasteiger partial charge in [-0.1, -0.05) is 12.1 Å². The van der Waals surface area contributed by atoms with E-state index in [9.17, 15) is 0 Å². The van der Waals surface area contributed by atoms with Crippen LogP contribution >= 0.6 is 0 Å². The van der Waals surface area contributed by atoms with Crippen LogP contribution in [0.15, 0.2) is 24.4 Å². The van der Waals surface area contributed by atoms with Gasteiger partial charge in [0.25, 0.3) is 0 Å². The van der Waals surface area contributed by atoms with E-state index in [1.54, 1.807) is 0 Å². The minimum Gasteiger partial charge on any atom is -0.385 e. The number of aryl methyl sites for hydroxylation is 2. The van der Waals surface area contributed by atoms with Crippen LogP contribution in [0.1, 0.15) is 17.8 Å². The van der Waals surface area contributed by atoms with E-state index in [-0.39, 0.29) is 0 Å². The van der Waals surface area contributed by atoms with Crippen molar-refractivity contribution in [3.63, 3.8) is 0 Å². The molecular formula is C14H17N3. The second-order valence-corrected chi connectivity index (χ2v) is 4.65. The highest BCUT2D eigenvalue weighted by Crippen LogP contribution is 2.28. The Balaban J connectivity index is 2.07. The Morgan fingerprint density at radius 3 is 3.00 bits per heavy atom. The van der Waals surface area contributed by atoms with Gasteiger partial charge in [-0.25, -0.2) is 4.98 Å². The summed E-state index contributed by atoms with van der Waals surface area (Å²) in [6.45, 7) is 3.11. The molecule has 3 nitrogen and oxygen atoms in total. The predicted octanol–water partition coefficient (Wildman–Crippen LogP) is 2.75. The molecule has 1 aromatic heterocycles. The van der Waals surface area contributed by atoms with Gasteiger partial charge in [0.1, 0.15) is 5.82 Å². The molecule has 0 bridgehead atoms. The van der Waals surface area contributed by atoms with Crippen LogP contribution < -0.4 is 5.32 Å². The topological polar surface area (TPSA) is 29.9 Å². The molecule has 1 N–H and O–H groups in total. The quantitative estimate of drug-likeness (QED) is 0.811. The van der Waals surface area contributed by atoms with Gasteiger partial charge >= 0.3 is 0 Å². The molecule has 0 amide bonds. The number of fused-ring (bicyclic) bond motifs is 1. The van der Waals surface area contributed by atoms with E-state index >= 15 is 0 Å². The van der Waals surface area contributed by atoms with E-state index in [0.29, 0.717) is 0 Å². The molecular weight excluding hydrogens is 210 g/mol. The van der Waals surface area contributed by atoms with Crippen LogP contribution in [0.3, 0.4) is 0 Å². The Morgan fingerprint density at radius 2 is 2.24 bits per heavy atom. The molecule has 3 rings (SSSR count). The van der Waals surface area contributed by atoms with Crippen LogP contribution in [0.4, 0.5) is 5.69 Å². The summed E-state index contributed by atoms with van der Waals surface area (Å²) in [5.41, 5.74) is 5.13. The average molecular weight is 227 g/mol. The summed E-state index contributed by atoms with van der Waals surface area (Å²) in [5.74, 6) is 1.05. The largest absolute Gasteiger partial charge is 0.385 e. The maximum Gasteiger partial charge on any atom is 0.105 e. The Morgan fingerprint density at radius 1 is 1.35 bits per heavy atom. The third-order valence-corrected chi connectivity index (χ3v) is 3.56. The second kappa shape index (κ2) is 3.91. The maximum atomic E-state index is 4.35. The lowest BCUT2D eigenvalue weighted by atomic mass is 10.0. The van der Waals surface area contributed by atoms with Crippen molar-refractivity contribution >= 4 is 5.69 Å². The van der Waals surface area contributed by atoms with Gasteiger partial charge in [0.15, 0.2) is 0 Å². The summed E-state index contributed by atoms with van der Waals surface area (Å²) in [5, 5.41) is 3.47. The van der Waals surface area contributed by atoms with Crippen molar-refractivity contribution in [1.29, 1.82) is 0 Å². The van der Waals surface area contributed by atoms with E-state index in [1.807, 2.05) is 13.1 Å². The van der Waals surface area contributed by atoms with Crippen LogP contribution in [0.2, 0.25) is 0 Å². The van der Waals surface area contributed by atoms with Crippen LogP contribution in [0, 0.1) is 6.92 Å². The molecule has 17 heavy (non-hydrogen) atoms. The number of anilines is 1. The van der Waals surface area contributed by atoms with Crippen molar-refractivity contribution in [1.82, 2.24) is 9.55 Å². The molecule has 0 spiro atoms. The van der Waals surface area contributed by atoms with Gasteiger partial charge in [-0.05, 0) is 31.4 Å². The van der Waals surface area contributed by atoms with Crippen molar-refractivity contribution in [3.8, 4) is 11.3 Å². The molecule has 88 valence electrons. The molecule has 0 atom stereocenters. The number of benzene rings is 1. The number of hydrogen-bond donors (Lipinski definition) is 1. The fraction of sp³-hybridized carbons (Fsp3) is 0.357. The smallest absolute Gasteiger partial charge is 0.105 e. The van der Waals surface area contributed by atoms with Gasteiger partial charge in [0.05, 0.1) is 11.9 Å². The summed E-state index contributed by atoms with van der Waals surface area (Å²) < 4.78 is 2.13. The van der Waals surface area contributed by atoms with E-state index in [4.69, 9.17) is 0 Å². The summed E-state index contributed by atoms with van der Waals surface area (Å²) in [6, 6.07) is 6.67. The maximum absolute atomic E-state index is 4.35. The predicted molar refractivity (Wildman–Crippen MR) is 70.2 cm³/mol. The highest BCUT2D eigenvalue weighted by Gasteiger charge is 2.11. The second-order valence-electron chi connectivity index (χ2n) is 4.65. The molecule has 0 aliphatic carbocycles. The first-order valence-corrected chi connectivity index (χ1v) is 6.11. The third-order valence-electron chi connectivity index (χ3n) is 3.56. The summed E-state index contributed by atoms with van der Waals surface area (Å²) in [6.07, 6.45) is 4.37. The van der Waals surface area contributed by atoms with Gasteiger partial charge in [0, 0.05) is 24.8 Å². The standard InChI is InChI=1S/C14H17N3/c1-10-16-9-14(17(10)2)12-6-5-11-4-3-7-15-13(11)8-12/h5-6,8-9,15H,3-4,7H2,1-2H3. The molecule has 1 aliphatic heterocycles. The van der Waals surface area contributed by atoms with Crippen molar-refractivity contribution in [2.24, 2.45) is 7.05 Å². The molecule has 0 unspecified atom stereocenters. The zero-order valence-corrected chi connectivity index (χ0v) is 10.3. The highest BCUT2D eigenvalue weighted by atomic mass is 15.0. The number of nitrogens with zero attached hydrogens (tertiary/aromatic N) is 2. The lowest BCUT2D eigenvalue weighted by Crippen LogP contribution is -2.11. The van der Waals surface area contributed by atoms with E-state index in [2.05, 4.69) is 40.1 Å². The van der Waals surface area contributed by atoms with Crippen molar-refractivity contribution in [2.75, 3.05) is 11.9 Å². The molecule has 0 fully saturated rings. The van der Waals surface area contributed by atoms with Crippen LogP contribution in [-0.2, 0) is 13.5 Å². The highest BCUT2D eigenvalue weighted by molar-refractivity contribution is 5.68. The molecule has 0 radical (unpaired) electrons. The first kappa shape index (κ1) is 10.4. The summed E-state index contributed by atoms with van der Waals surface area (Å²) in [4.78, 5) is 4.35. The molecule has 0 saturated carbocycles. The first-order valence-electron chi connectivity index (χ1n) is 6.11. The Hall–Kier alpha value is -1.77. The van der Waals surface area contributed by atoms with Crippen molar-refractivity contribution in [2.45, 2.75) is 19.8 Å². The fourth-order valence-electron chi connectivity index (χ4n) is 2.39. The molecule has 2 aromatic rings. The third kappa shape index (κ3) is 1.71. The van der Waals surface area contributed by atoms with Gasteiger partial charge in [-0.2, -0.15) is 0 Å².